The summed E-state index contributed by atoms with van der Waals surface area (Å²) in [6.07, 6.45) is 4.39. The van der Waals surface area contributed by atoms with Crippen molar-refractivity contribution in [2.24, 2.45) is 0 Å². The highest BCUT2D eigenvalue weighted by molar-refractivity contribution is 5.75. The first kappa shape index (κ1) is 16.5. The van der Waals surface area contributed by atoms with E-state index >= 15 is 0 Å². The van der Waals surface area contributed by atoms with Gasteiger partial charge in [0.1, 0.15) is 6.07 Å². The third-order valence-electron chi connectivity index (χ3n) is 4.44. The minimum atomic E-state index is 0.616. The van der Waals surface area contributed by atoms with Crippen molar-refractivity contribution in [1.29, 1.82) is 10.5 Å². The van der Waals surface area contributed by atoms with Gasteiger partial charge in [0, 0.05) is 35.9 Å². The second-order valence-electron chi connectivity index (χ2n) is 5.88. The number of aromatic nitrogens is 2. The lowest BCUT2D eigenvalue weighted by Gasteiger charge is -2.11. The number of nitriles is 2. The molecule has 0 aliphatic carbocycles. The van der Waals surface area contributed by atoms with Crippen LogP contribution < -0.4 is 0 Å². The molecule has 0 saturated carbocycles. The summed E-state index contributed by atoms with van der Waals surface area (Å²) in [5, 5.41) is 18.8. The molecule has 2 heterocycles. The Morgan fingerprint density at radius 2 is 1.84 bits per heavy atom. The summed E-state index contributed by atoms with van der Waals surface area (Å²) < 4.78 is 2.20. The third-order valence-corrected chi connectivity index (χ3v) is 4.44. The van der Waals surface area contributed by atoms with Crippen LogP contribution in [0.25, 0.3) is 11.1 Å². The SMILES string of the molecule is CCc1c(C#N)c(-c2ccc(C#N)cc2)c(C)n1Cc1cccnc1. The molecule has 3 aromatic rings. The highest BCUT2D eigenvalue weighted by atomic mass is 15.0. The van der Waals surface area contributed by atoms with Crippen molar-refractivity contribution >= 4 is 0 Å². The predicted molar refractivity (Wildman–Crippen MR) is 96.8 cm³/mol. The van der Waals surface area contributed by atoms with Crippen molar-refractivity contribution in [2.45, 2.75) is 26.8 Å². The van der Waals surface area contributed by atoms with E-state index < -0.39 is 0 Å². The first-order valence-electron chi connectivity index (χ1n) is 8.21. The Kier molecular flexibility index (Phi) is 4.64. The quantitative estimate of drug-likeness (QED) is 0.721. The second-order valence-corrected chi connectivity index (χ2v) is 5.88. The molecule has 0 amide bonds. The summed E-state index contributed by atoms with van der Waals surface area (Å²) in [5.74, 6) is 0. The molecule has 25 heavy (non-hydrogen) atoms. The molecule has 0 spiro atoms. The molecule has 0 bridgehead atoms. The Balaban J connectivity index is 2.16. The topological polar surface area (TPSA) is 65.4 Å². The van der Waals surface area contributed by atoms with Gasteiger partial charge in [0.15, 0.2) is 0 Å². The Morgan fingerprint density at radius 1 is 1.08 bits per heavy atom. The fourth-order valence-corrected chi connectivity index (χ4v) is 3.24. The van der Waals surface area contributed by atoms with Crippen LogP contribution in [0.2, 0.25) is 0 Å². The van der Waals surface area contributed by atoms with Gasteiger partial charge in [-0.05, 0) is 42.7 Å². The Labute approximate surface area is 147 Å². The number of nitrogens with zero attached hydrogens (tertiary/aromatic N) is 4. The van der Waals surface area contributed by atoms with Gasteiger partial charge in [-0.2, -0.15) is 10.5 Å². The van der Waals surface area contributed by atoms with E-state index in [1.54, 1.807) is 18.3 Å². The van der Waals surface area contributed by atoms with E-state index in [9.17, 15) is 5.26 Å². The number of benzene rings is 1. The van der Waals surface area contributed by atoms with E-state index in [0.29, 0.717) is 17.7 Å². The maximum absolute atomic E-state index is 9.77. The molecule has 0 unspecified atom stereocenters. The fourth-order valence-electron chi connectivity index (χ4n) is 3.24. The molecule has 0 aliphatic heterocycles. The van der Waals surface area contributed by atoms with Crippen LogP contribution in [0.4, 0.5) is 0 Å². The summed E-state index contributed by atoms with van der Waals surface area (Å²) in [6, 6.07) is 15.9. The molecule has 0 aliphatic rings. The number of hydrogen-bond donors (Lipinski definition) is 0. The molecular formula is C21H18N4. The summed E-state index contributed by atoms with van der Waals surface area (Å²) in [7, 11) is 0. The van der Waals surface area contributed by atoms with Crippen LogP contribution >= 0.6 is 0 Å². The minimum absolute atomic E-state index is 0.616. The van der Waals surface area contributed by atoms with E-state index in [2.05, 4.69) is 28.6 Å². The zero-order chi connectivity index (χ0) is 17.8. The zero-order valence-corrected chi connectivity index (χ0v) is 14.3. The monoisotopic (exact) mass is 326 g/mol. The van der Waals surface area contributed by atoms with E-state index in [4.69, 9.17) is 5.26 Å². The van der Waals surface area contributed by atoms with Gasteiger partial charge in [0.2, 0.25) is 0 Å². The van der Waals surface area contributed by atoms with Gasteiger partial charge in [0.25, 0.3) is 0 Å². The summed E-state index contributed by atoms with van der Waals surface area (Å²) >= 11 is 0. The molecule has 0 fully saturated rings. The fraction of sp³-hybridized carbons (Fsp3) is 0.190. The first-order valence-corrected chi connectivity index (χ1v) is 8.21. The van der Waals surface area contributed by atoms with E-state index in [0.717, 1.165) is 34.5 Å². The van der Waals surface area contributed by atoms with Gasteiger partial charge in [-0.25, -0.2) is 0 Å². The lowest BCUT2D eigenvalue weighted by Crippen LogP contribution is -2.06. The average molecular weight is 326 g/mol. The lowest BCUT2D eigenvalue weighted by atomic mass is 9.99. The van der Waals surface area contributed by atoms with Crippen LogP contribution in [0.5, 0.6) is 0 Å². The van der Waals surface area contributed by atoms with Crippen LogP contribution in [-0.4, -0.2) is 9.55 Å². The first-order chi connectivity index (χ1) is 12.2. The summed E-state index contributed by atoms with van der Waals surface area (Å²) in [6.45, 7) is 4.80. The molecule has 0 N–H and O–H groups in total. The predicted octanol–water partition coefficient (Wildman–Crippen LogP) is 4.21. The van der Waals surface area contributed by atoms with Crippen molar-refractivity contribution in [3.8, 4) is 23.3 Å². The third kappa shape index (κ3) is 3.03. The van der Waals surface area contributed by atoms with Crippen LogP contribution in [0.15, 0.2) is 48.8 Å². The molecule has 3 rings (SSSR count). The molecule has 4 nitrogen and oxygen atoms in total. The van der Waals surface area contributed by atoms with Crippen molar-refractivity contribution in [3.63, 3.8) is 0 Å². The molecule has 0 atom stereocenters. The second kappa shape index (κ2) is 7.03. The van der Waals surface area contributed by atoms with Crippen molar-refractivity contribution in [1.82, 2.24) is 9.55 Å². The van der Waals surface area contributed by atoms with E-state index in [-0.39, 0.29) is 0 Å². The summed E-state index contributed by atoms with van der Waals surface area (Å²) in [5.41, 5.74) is 6.44. The molecule has 1 aromatic carbocycles. The Bertz CT molecular complexity index is 968. The molecule has 0 radical (unpaired) electrons. The molecule has 122 valence electrons. The number of pyridine rings is 1. The number of hydrogen-bond acceptors (Lipinski definition) is 3. The minimum Gasteiger partial charge on any atom is -0.342 e. The average Bonchev–Trinajstić information content (AvgIpc) is 2.93. The lowest BCUT2D eigenvalue weighted by molar-refractivity contribution is 0.724. The van der Waals surface area contributed by atoms with Gasteiger partial charge in [-0.3, -0.25) is 4.98 Å². The van der Waals surface area contributed by atoms with Crippen LogP contribution in [0.3, 0.4) is 0 Å². The van der Waals surface area contributed by atoms with E-state index in [1.165, 1.54) is 0 Å². The maximum atomic E-state index is 9.77. The van der Waals surface area contributed by atoms with Gasteiger partial charge in [0.05, 0.1) is 17.2 Å². The normalized spacial score (nSPS) is 10.2. The van der Waals surface area contributed by atoms with Crippen molar-refractivity contribution in [2.75, 3.05) is 0 Å². The van der Waals surface area contributed by atoms with Crippen molar-refractivity contribution < 1.29 is 0 Å². The van der Waals surface area contributed by atoms with Gasteiger partial charge >= 0.3 is 0 Å². The van der Waals surface area contributed by atoms with Crippen molar-refractivity contribution in [3.05, 3.63) is 76.9 Å². The molecular weight excluding hydrogens is 308 g/mol. The van der Waals surface area contributed by atoms with E-state index in [1.807, 2.05) is 37.4 Å². The largest absolute Gasteiger partial charge is 0.342 e. The zero-order valence-electron chi connectivity index (χ0n) is 14.3. The van der Waals surface area contributed by atoms with Gasteiger partial charge < -0.3 is 4.57 Å². The number of rotatable bonds is 4. The molecule has 0 saturated heterocycles. The van der Waals surface area contributed by atoms with Crippen LogP contribution in [0, 0.1) is 29.6 Å². The van der Waals surface area contributed by atoms with Crippen LogP contribution in [0.1, 0.15) is 35.0 Å². The van der Waals surface area contributed by atoms with Gasteiger partial charge in [-0.15, -0.1) is 0 Å². The highest BCUT2D eigenvalue weighted by Gasteiger charge is 2.20. The smallest absolute Gasteiger partial charge is 0.102 e. The standard InChI is InChI=1S/C21H18N4/c1-3-20-19(12-23)21(18-8-6-16(11-22)7-9-18)15(2)25(20)14-17-5-4-10-24-13-17/h4-10,13H,3,14H2,1-2H3. The molecule has 4 heteroatoms. The summed E-state index contributed by atoms with van der Waals surface area (Å²) in [4.78, 5) is 4.18. The Morgan fingerprint density at radius 3 is 2.40 bits per heavy atom. The molecule has 2 aromatic heterocycles. The van der Waals surface area contributed by atoms with Crippen LogP contribution in [-0.2, 0) is 13.0 Å². The Hall–Kier alpha value is -3.37. The maximum Gasteiger partial charge on any atom is 0.102 e. The highest BCUT2D eigenvalue weighted by Crippen LogP contribution is 2.33. The van der Waals surface area contributed by atoms with Gasteiger partial charge in [-0.1, -0.05) is 25.1 Å².